The summed E-state index contributed by atoms with van der Waals surface area (Å²) < 4.78 is 16.9. The molecule has 0 aliphatic carbocycles. The number of esters is 3. The molecule has 0 aliphatic rings. The van der Waals surface area contributed by atoms with Crippen LogP contribution in [-0.4, -0.2) is 37.2 Å². The maximum absolute atomic E-state index is 13.0. The van der Waals surface area contributed by atoms with Crippen LogP contribution in [0.1, 0.15) is 303 Å². The van der Waals surface area contributed by atoms with E-state index in [1.54, 1.807) is 0 Å². The van der Waals surface area contributed by atoms with Gasteiger partial charge in [0.15, 0.2) is 6.10 Å². The fourth-order valence-electron chi connectivity index (χ4n) is 9.17. The Morgan fingerprint density at radius 2 is 0.470 bits per heavy atom. The summed E-state index contributed by atoms with van der Waals surface area (Å²) in [5.41, 5.74) is 0. The van der Waals surface area contributed by atoms with E-state index in [1.807, 2.05) is 0 Å². The molecule has 0 fully saturated rings. The van der Waals surface area contributed by atoms with Crippen LogP contribution in [0, 0.1) is 0 Å². The van der Waals surface area contributed by atoms with Gasteiger partial charge in [0.05, 0.1) is 0 Å². The zero-order chi connectivity index (χ0) is 59.9. The Kier molecular flexibility index (Phi) is 65.8. The molecule has 0 rings (SSSR count). The fourth-order valence-corrected chi connectivity index (χ4v) is 9.17. The smallest absolute Gasteiger partial charge is 0.306 e. The summed E-state index contributed by atoms with van der Waals surface area (Å²) in [6.45, 7) is 6.47. The highest BCUT2D eigenvalue weighted by Gasteiger charge is 2.19. The topological polar surface area (TPSA) is 78.9 Å². The van der Waals surface area contributed by atoms with E-state index in [-0.39, 0.29) is 31.1 Å². The average molecular weight is 1150 g/mol. The number of allylic oxidation sites excluding steroid dienone is 24. The van der Waals surface area contributed by atoms with Crippen LogP contribution in [0.15, 0.2) is 146 Å². The standard InChI is InChI=1S/C77H126O6/c1-4-7-10-13-16-19-22-25-28-31-34-37-38-41-43-46-49-52-55-58-61-64-67-70-76(79)82-73-74(83-77(80)71-68-65-62-59-56-53-50-47-44-40-36-33-30-27-24-21-18-15-12-9-6-3)72-81-75(78)69-66-63-60-57-54-51-48-45-42-39-35-32-29-26-23-20-17-14-11-8-5-2/h7,10,16,19,23-28,32-37,41-45,47,49,52,74H,4-6,8-9,11-15,17-18,20-22,29-31,38-40,46,48,50-51,53-73H2,1-3H3/b10-7-,19-16-,26-23-,27-24-,28-25-,35-32-,36-33-,37-34-,43-41-,45-42-,47-44-,52-49-. The summed E-state index contributed by atoms with van der Waals surface area (Å²) in [5.74, 6) is -0.950. The van der Waals surface area contributed by atoms with Gasteiger partial charge >= 0.3 is 17.9 Å². The number of carbonyl (C=O) groups is 3. The van der Waals surface area contributed by atoms with E-state index < -0.39 is 6.10 Å². The van der Waals surface area contributed by atoms with Gasteiger partial charge in [-0.2, -0.15) is 0 Å². The zero-order valence-corrected chi connectivity index (χ0v) is 53.9. The number of hydrogen-bond donors (Lipinski definition) is 0. The molecule has 0 heterocycles. The SMILES string of the molecule is CC/C=C\C/C=C\C/C=C\C/C=C\C/C=C\C/C=C\CCCCCCC(=O)OCC(COC(=O)CCCCCCCC/C=C\C/C=C\C/C=C\CCCCCCC)OC(=O)CCCCCCCC/C=C\C/C=C\C/C=C\CCCCCCC. The van der Waals surface area contributed by atoms with Crippen molar-refractivity contribution in [2.45, 2.75) is 309 Å². The summed E-state index contributed by atoms with van der Waals surface area (Å²) in [6, 6.07) is 0. The lowest BCUT2D eigenvalue weighted by Crippen LogP contribution is -2.30. The molecule has 1 unspecified atom stereocenters. The molecule has 0 bridgehead atoms. The van der Waals surface area contributed by atoms with Gasteiger partial charge in [0.1, 0.15) is 13.2 Å². The van der Waals surface area contributed by atoms with Crippen LogP contribution < -0.4 is 0 Å². The minimum atomic E-state index is -0.811. The molecule has 0 amide bonds. The molecule has 0 aliphatic heterocycles. The van der Waals surface area contributed by atoms with E-state index in [9.17, 15) is 14.4 Å². The van der Waals surface area contributed by atoms with E-state index >= 15 is 0 Å². The molecule has 83 heavy (non-hydrogen) atoms. The largest absolute Gasteiger partial charge is 0.462 e. The molecule has 0 saturated heterocycles. The Balaban J connectivity index is 4.52. The first kappa shape index (κ1) is 78.3. The van der Waals surface area contributed by atoms with Gasteiger partial charge in [-0.15, -0.1) is 0 Å². The Labute approximate surface area is 512 Å². The number of rotatable bonds is 61. The number of unbranched alkanes of at least 4 members (excludes halogenated alkanes) is 26. The third-order valence-corrected chi connectivity index (χ3v) is 14.3. The molecular formula is C77H126O6. The Morgan fingerprint density at radius 3 is 0.735 bits per heavy atom. The molecule has 0 radical (unpaired) electrons. The van der Waals surface area contributed by atoms with Crippen molar-refractivity contribution in [3.8, 4) is 0 Å². The van der Waals surface area contributed by atoms with Crippen molar-refractivity contribution in [2.24, 2.45) is 0 Å². The normalized spacial score (nSPS) is 13.0. The Bertz CT molecular complexity index is 1800. The first-order valence-electron chi connectivity index (χ1n) is 34.3. The lowest BCUT2D eigenvalue weighted by Gasteiger charge is -2.18. The molecule has 1 atom stereocenters. The highest BCUT2D eigenvalue weighted by Crippen LogP contribution is 2.14. The van der Waals surface area contributed by atoms with Crippen molar-refractivity contribution < 1.29 is 28.6 Å². The first-order valence-corrected chi connectivity index (χ1v) is 34.3. The van der Waals surface area contributed by atoms with E-state index in [0.29, 0.717) is 19.3 Å². The molecule has 0 N–H and O–H groups in total. The van der Waals surface area contributed by atoms with Crippen molar-refractivity contribution in [3.63, 3.8) is 0 Å². The third-order valence-electron chi connectivity index (χ3n) is 14.3. The molecule has 0 aromatic rings. The van der Waals surface area contributed by atoms with E-state index in [4.69, 9.17) is 14.2 Å². The van der Waals surface area contributed by atoms with Crippen LogP contribution in [-0.2, 0) is 28.6 Å². The number of hydrogen-bond acceptors (Lipinski definition) is 6. The van der Waals surface area contributed by atoms with Crippen molar-refractivity contribution in [1.29, 1.82) is 0 Å². The summed E-state index contributed by atoms with van der Waals surface area (Å²) in [4.78, 5) is 38.5. The molecular weight excluding hydrogens is 1020 g/mol. The Hall–Kier alpha value is -4.71. The summed E-state index contributed by atoms with van der Waals surface area (Å²) in [6.07, 6.45) is 99.9. The van der Waals surface area contributed by atoms with Gasteiger partial charge in [0.2, 0.25) is 0 Å². The average Bonchev–Trinajstić information content (AvgIpc) is 3.49. The molecule has 0 saturated carbocycles. The molecule has 0 aromatic heterocycles. The summed E-state index contributed by atoms with van der Waals surface area (Å²) in [5, 5.41) is 0. The lowest BCUT2D eigenvalue weighted by molar-refractivity contribution is -0.167. The third kappa shape index (κ3) is 68.0. The van der Waals surface area contributed by atoms with Gasteiger partial charge in [-0.05, 0) is 148 Å². The van der Waals surface area contributed by atoms with Gasteiger partial charge < -0.3 is 14.2 Å². The predicted octanol–water partition coefficient (Wildman–Crippen LogP) is 23.9. The quantitative estimate of drug-likeness (QED) is 0.0261. The van der Waals surface area contributed by atoms with Crippen LogP contribution in [0.2, 0.25) is 0 Å². The monoisotopic (exact) mass is 1150 g/mol. The molecule has 6 nitrogen and oxygen atoms in total. The van der Waals surface area contributed by atoms with Crippen molar-refractivity contribution in [3.05, 3.63) is 146 Å². The summed E-state index contributed by atoms with van der Waals surface area (Å²) >= 11 is 0. The maximum Gasteiger partial charge on any atom is 0.306 e. The second kappa shape index (κ2) is 69.8. The van der Waals surface area contributed by atoms with Crippen molar-refractivity contribution in [2.75, 3.05) is 13.2 Å². The minimum absolute atomic E-state index is 0.104. The van der Waals surface area contributed by atoms with E-state index in [2.05, 4.69) is 167 Å². The van der Waals surface area contributed by atoms with Gasteiger partial charge in [0.25, 0.3) is 0 Å². The van der Waals surface area contributed by atoms with Gasteiger partial charge in [-0.3, -0.25) is 14.4 Å². The van der Waals surface area contributed by atoms with Crippen LogP contribution in [0.4, 0.5) is 0 Å². The van der Waals surface area contributed by atoms with Gasteiger partial charge in [0, 0.05) is 19.3 Å². The maximum atomic E-state index is 13.0. The van der Waals surface area contributed by atoms with Gasteiger partial charge in [-0.25, -0.2) is 0 Å². The van der Waals surface area contributed by atoms with Crippen LogP contribution in [0.25, 0.3) is 0 Å². The Morgan fingerprint density at radius 1 is 0.253 bits per heavy atom. The summed E-state index contributed by atoms with van der Waals surface area (Å²) in [7, 11) is 0. The number of carbonyl (C=O) groups excluding carboxylic acids is 3. The minimum Gasteiger partial charge on any atom is -0.462 e. The van der Waals surface area contributed by atoms with Crippen molar-refractivity contribution >= 4 is 17.9 Å². The first-order chi connectivity index (χ1) is 41.0. The molecule has 0 aromatic carbocycles. The highest BCUT2D eigenvalue weighted by molar-refractivity contribution is 5.71. The van der Waals surface area contributed by atoms with Crippen LogP contribution >= 0.6 is 0 Å². The molecule has 470 valence electrons. The number of ether oxygens (including phenoxy) is 3. The van der Waals surface area contributed by atoms with E-state index in [1.165, 1.54) is 103 Å². The lowest BCUT2D eigenvalue weighted by atomic mass is 10.1. The predicted molar refractivity (Wildman–Crippen MR) is 362 cm³/mol. The second-order valence-electron chi connectivity index (χ2n) is 22.3. The van der Waals surface area contributed by atoms with E-state index in [0.717, 1.165) is 161 Å². The molecule has 6 heteroatoms. The zero-order valence-electron chi connectivity index (χ0n) is 53.9. The van der Waals surface area contributed by atoms with Crippen LogP contribution in [0.5, 0.6) is 0 Å². The second-order valence-corrected chi connectivity index (χ2v) is 22.3. The van der Waals surface area contributed by atoms with Crippen molar-refractivity contribution in [1.82, 2.24) is 0 Å². The fraction of sp³-hybridized carbons (Fsp3) is 0.649. The highest BCUT2D eigenvalue weighted by atomic mass is 16.6. The van der Waals surface area contributed by atoms with Crippen LogP contribution in [0.3, 0.4) is 0 Å². The van der Waals surface area contributed by atoms with Gasteiger partial charge in [-0.1, -0.05) is 282 Å². The molecule has 0 spiro atoms.